The molecule has 1 saturated carbocycles. The molecular formula is C22H30Cl2N2O3. The predicted molar refractivity (Wildman–Crippen MR) is 115 cm³/mol. The monoisotopic (exact) mass is 440 g/mol. The van der Waals surface area contributed by atoms with Gasteiger partial charge in [-0.15, -0.1) is 0 Å². The Morgan fingerprint density at radius 3 is 2.59 bits per heavy atom. The average molecular weight is 441 g/mol. The van der Waals surface area contributed by atoms with Crippen LogP contribution in [0, 0.1) is 5.92 Å². The molecule has 3 fully saturated rings. The number of halogens is 2. The van der Waals surface area contributed by atoms with Crippen LogP contribution in [0.15, 0.2) is 18.2 Å². The van der Waals surface area contributed by atoms with Crippen LogP contribution in [0.2, 0.25) is 10.0 Å². The molecule has 4 rings (SSSR count). The van der Waals surface area contributed by atoms with Gasteiger partial charge >= 0.3 is 0 Å². The van der Waals surface area contributed by atoms with Gasteiger partial charge in [0.05, 0.1) is 15.6 Å². The van der Waals surface area contributed by atoms with Crippen molar-refractivity contribution in [3.63, 3.8) is 0 Å². The Bertz CT molecular complexity index is 713. The number of hydrogen-bond acceptors (Lipinski definition) is 4. The summed E-state index contributed by atoms with van der Waals surface area (Å²) in [5, 5.41) is 3.65. The Kier molecular flexibility index (Phi) is 6.59. The molecule has 160 valence electrons. The van der Waals surface area contributed by atoms with E-state index in [4.69, 9.17) is 32.7 Å². The number of nitrogens with one attached hydrogen (secondary N) is 1. The molecule has 4 atom stereocenters. The summed E-state index contributed by atoms with van der Waals surface area (Å²) in [7, 11) is 1.65. The van der Waals surface area contributed by atoms with Gasteiger partial charge in [0.25, 0.3) is 5.91 Å². The molecule has 5 nitrogen and oxygen atoms in total. The van der Waals surface area contributed by atoms with Crippen LogP contribution in [0.4, 0.5) is 0 Å². The Morgan fingerprint density at radius 2 is 1.97 bits per heavy atom. The van der Waals surface area contributed by atoms with Gasteiger partial charge in [0.15, 0.2) is 11.9 Å². The molecule has 2 saturated heterocycles. The fraction of sp³-hybridized carbons (Fsp3) is 0.682. The van der Waals surface area contributed by atoms with Crippen molar-refractivity contribution >= 4 is 29.1 Å². The van der Waals surface area contributed by atoms with Gasteiger partial charge in [-0.2, -0.15) is 0 Å². The van der Waals surface area contributed by atoms with E-state index in [1.54, 1.807) is 25.2 Å². The second kappa shape index (κ2) is 9.01. The first-order valence-corrected chi connectivity index (χ1v) is 11.5. The fourth-order valence-electron chi connectivity index (χ4n) is 5.40. The molecule has 1 amide bonds. The van der Waals surface area contributed by atoms with E-state index >= 15 is 0 Å². The first-order chi connectivity index (χ1) is 14.0. The standard InChI is InChI=1S/C22H30Cl2N2O3/c1-25-21(27)19(29-20-16(23)6-4-7-17(20)24)15-8-10-22(9-5-13-28-22)14-18(15)26-11-2-3-12-26/h4,6-7,15,18-19H,2-3,5,8-14H2,1H3,(H,25,27)/t15-,18-,19?,22+/m1/s1. The van der Waals surface area contributed by atoms with E-state index in [1.807, 2.05) is 0 Å². The van der Waals surface area contributed by atoms with Crippen molar-refractivity contribution in [1.29, 1.82) is 0 Å². The first-order valence-electron chi connectivity index (χ1n) is 10.7. The van der Waals surface area contributed by atoms with Crippen LogP contribution < -0.4 is 10.1 Å². The van der Waals surface area contributed by atoms with Gasteiger partial charge in [0.2, 0.25) is 0 Å². The van der Waals surface area contributed by atoms with Crippen LogP contribution in [-0.4, -0.2) is 55.3 Å². The molecule has 1 aromatic rings. The minimum Gasteiger partial charge on any atom is -0.477 e. The van der Waals surface area contributed by atoms with Crippen LogP contribution in [0.1, 0.15) is 44.9 Å². The lowest BCUT2D eigenvalue weighted by atomic mass is 9.71. The number of hydrogen-bond donors (Lipinski definition) is 1. The van der Waals surface area contributed by atoms with Crippen molar-refractivity contribution in [2.45, 2.75) is 62.7 Å². The maximum atomic E-state index is 12.9. The highest BCUT2D eigenvalue weighted by Gasteiger charge is 2.50. The van der Waals surface area contributed by atoms with E-state index in [2.05, 4.69) is 10.2 Å². The maximum Gasteiger partial charge on any atom is 0.261 e. The molecule has 2 heterocycles. The number of para-hydroxylation sites is 1. The molecule has 29 heavy (non-hydrogen) atoms. The second-order valence-corrected chi connectivity index (χ2v) is 9.37. The van der Waals surface area contributed by atoms with Crippen molar-refractivity contribution in [3.05, 3.63) is 28.2 Å². The summed E-state index contributed by atoms with van der Waals surface area (Å²) in [6.07, 6.45) is 6.84. The van der Waals surface area contributed by atoms with Crippen LogP contribution in [0.5, 0.6) is 5.75 Å². The molecule has 0 bridgehead atoms. The van der Waals surface area contributed by atoms with Gasteiger partial charge in [-0.05, 0) is 70.2 Å². The van der Waals surface area contributed by atoms with Crippen LogP contribution >= 0.6 is 23.2 Å². The van der Waals surface area contributed by atoms with E-state index < -0.39 is 6.10 Å². The molecule has 0 aromatic heterocycles. The lowest BCUT2D eigenvalue weighted by Gasteiger charge is -2.47. The average Bonchev–Trinajstić information content (AvgIpc) is 3.40. The van der Waals surface area contributed by atoms with E-state index in [1.165, 1.54) is 12.8 Å². The van der Waals surface area contributed by atoms with Gasteiger partial charge < -0.3 is 14.8 Å². The number of amides is 1. The van der Waals surface area contributed by atoms with E-state index in [9.17, 15) is 4.79 Å². The van der Waals surface area contributed by atoms with Crippen LogP contribution in [-0.2, 0) is 9.53 Å². The Balaban J connectivity index is 1.63. The number of rotatable bonds is 5. The lowest BCUT2D eigenvalue weighted by Crippen LogP contribution is -2.56. The maximum absolute atomic E-state index is 12.9. The predicted octanol–water partition coefficient (Wildman–Crippen LogP) is 4.30. The molecule has 1 aliphatic carbocycles. The van der Waals surface area contributed by atoms with E-state index in [-0.39, 0.29) is 23.5 Å². The number of likely N-dealkylation sites (tertiary alicyclic amines) is 1. The Morgan fingerprint density at radius 1 is 1.24 bits per heavy atom. The Labute approximate surface area is 183 Å². The van der Waals surface area contributed by atoms with Gasteiger partial charge in [-0.1, -0.05) is 29.3 Å². The molecule has 1 aromatic carbocycles. The zero-order valence-corrected chi connectivity index (χ0v) is 18.5. The van der Waals surface area contributed by atoms with Crippen molar-refractivity contribution in [3.8, 4) is 5.75 Å². The van der Waals surface area contributed by atoms with Crippen LogP contribution in [0.3, 0.4) is 0 Å². The fourth-order valence-corrected chi connectivity index (χ4v) is 5.88. The highest BCUT2D eigenvalue weighted by atomic mass is 35.5. The third-order valence-corrected chi connectivity index (χ3v) is 7.46. The molecule has 0 radical (unpaired) electrons. The van der Waals surface area contributed by atoms with Gasteiger partial charge in [-0.25, -0.2) is 0 Å². The van der Waals surface area contributed by atoms with Crippen molar-refractivity contribution in [1.82, 2.24) is 10.2 Å². The van der Waals surface area contributed by atoms with Crippen molar-refractivity contribution in [2.75, 3.05) is 26.7 Å². The minimum atomic E-state index is -0.637. The zero-order chi connectivity index (χ0) is 20.4. The van der Waals surface area contributed by atoms with Crippen molar-refractivity contribution in [2.24, 2.45) is 5.92 Å². The molecule has 7 heteroatoms. The Hall–Kier alpha value is -1.01. The number of carbonyl (C=O) groups is 1. The summed E-state index contributed by atoms with van der Waals surface area (Å²) in [5.74, 6) is 0.329. The SMILES string of the molecule is CNC(=O)C(Oc1c(Cl)cccc1Cl)[C@@H]1CC[C@@]2(CCCO2)C[C@H]1N1CCCC1. The van der Waals surface area contributed by atoms with E-state index in [0.29, 0.717) is 15.8 Å². The summed E-state index contributed by atoms with van der Waals surface area (Å²) in [6, 6.07) is 5.52. The second-order valence-electron chi connectivity index (χ2n) is 8.56. The molecular weight excluding hydrogens is 411 g/mol. The number of ether oxygens (including phenoxy) is 2. The molecule has 1 unspecified atom stereocenters. The molecule has 1 spiro atoms. The number of carbonyl (C=O) groups excluding carboxylic acids is 1. The van der Waals surface area contributed by atoms with Gasteiger partial charge in [0, 0.05) is 25.6 Å². The van der Waals surface area contributed by atoms with E-state index in [0.717, 1.165) is 51.8 Å². The smallest absolute Gasteiger partial charge is 0.261 e. The normalized spacial score (nSPS) is 31.1. The third kappa shape index (κ3) is 4.39. The third-order valence-electron chi connectivity index (χ3n) is 6.86. The summed E-state index contributed by atoms with van der Waals surface area (Å²) < 4.78 is 12.5. The summed E-state index contributed by atoms with van der Waals surface area (Å²) >= 11 is 12.7. The molecule has 3 aliphatic rings. The highest BCUT2D eigenvalue weighted by molar-refractivity contribution is 6.37. The summed E-state index contributed by atoms with van der Waals surface area (Å²) in [5.41, 5.74) is -0.0287. The van der Waals surface area contributed by atoms with Gasteiger partial charge in [-0.3, -0.25) is 9.69 Å². The van der Waals surface area contributed by atoms with Crippen LogP contribution in [0.25, 0.3) is 0 Å². The number of likely N-dealkylation sites (N-methyl/N-ethyl adjacent to an activating group) is 1. The minimum absolute atomic E-state index is 0.0287. The quantitative estimate of drug-likeness (QED) is 0.741. The number of benzene rings is 1. The highest BCUT2D eigenvalue weighted by Crippen LogP contribution is 2.46. The summed E-state index contributed by atoms with van der Waals surface area (Å²) in [6.45, 7) is 3.00. The molecule has 1 N–H and O–H groups in total. The largest absolute Gasteiger partial charge is 0.477 e. The van der Waals surface area contributed by atoms with Gasteiger partial charge in [0.1, 0.15) is 0 Å². The summed E-state index contributed by atoms with van der Waals surface area (Å²) in [4.78, 5) is 15.5. The molecule has 2 aliphatic heterocycles. The first kappa shape index (κ1) is 21.2. The topological polar surface area (TPSA) is 50.8 Å². The zero-order valence-electron chi connectivity index (χ0n) is 17.0. The number of nitrogens with zero attached hydrogens (tertiary/aromatic N) is 1. The van der Waals surface area contributed by atoms with Crippen molar-refractivity contribution < 1.29 is 14.3 Å². The lowest BCUT2D eigenvalue weighted by molar-refractivity contribution is -0.136.